The van der Waals surface area contributed by atoms with Crippen molar-refractivity contribution in [2.24, 2.45) is 0 Å². The molecule has 98 valence electrons. The molecular formula is C13H15F2NO2. The molecule has 2 aliphatic heterocycles. The molecule has 3 nitrogen and oxygen atoms in total. The van der Waals surface area contributed by atoms with Crippen LogP contribution in [0.1, 0.15) is 36.4 Å². The zero-order valence-electron chi connectivity index (χ0n) is 9.92. The van der Waals surface area contributed by atoms with Gasteiger partial charge in [0.1, 0.15) is 13.2 Å². The van der Waals surface area contributed by atoms with Gasteiger partial charge < -0.3 is 14.8 Å². The smallest absolute Gasteiger partial charge is 0.263 e. The van der Waals surface area contributed by atoms with Crippen molar-refractivity contribution in [3.8, 4) is 11.5 Å². The lowest BCUT2D eigenvalue weighted by molar-refractivity contribution is 0.146. The van der Waals surface area contributed by atoms with Crippen LogP contribution in [0, 0.1) is 0 Å². The summed E-state index contributed by atoms with van der Waals surface area (Å²) in [5.74, 6) is 1.08. The number of nitrogens with one attached hydrogen (secondary N) is 1. The molecule has 2 aliphatic rings. The molecule has 3 rings (SSSR count). The molecule has 1 saturated heterocycles. The summed E-state index contributed by atoms with van der Waals surface area (Å²) in [6.07, 6.45) is -0.484. The minimum Gasteiger partial charge on any atom is -0.486 e. The maximum atomic E-state index is 12.9. The van der Waals surface area contributed by atoms with Crippen molar-refractivity contribution in [3.63, 3.8) is 0 Å². The van der Waals surface area contributed by atoms with E-state index in [1.165, 1.54) is 6.07 Å². The van der Waals surface area contributed by atoms with E-state index in [0.29, 0.717) is 24.7 Å². The van der Waals surface area contributed by atoms with Gasteiger partial charge in [-0.15, -0.1) is 0 Å². The Morgan fingerprint density at radius 2 is 2.06 bits per heavy atom. The highest BCUT2D eigenvalue weighted by atomic mass is 19.3. The highest BCUT2D eigenvalue weighted by molar-refractivity contribution is 5.52. The summed E-state index contributed by atoms with van der Waals surface area (Å²) in [4.78, 5) is 0. The van der Waals surface area contributed by atoms with E-state index in [-0.39, 0.29) is 11.6 Å². The first-order valence-electron chi connectivity index (χ1n) is 6.20. The van der Waals surface area contributed by atoms with Gasteiger partial charge in [0.25, 0.3) is 6.43 Å². The van der Waals surface area contributed by atoms with Gasteiger partial charge in [-0.05, 0) is 31.5 Å². The number of hydrogen-bond donors (Lipinski definition) is 1. The van der Waals surface area contributed by atoms with Gasteiger partial charge in [-0.2, -0.15) is 0 Å². The highest BCUT2D eigenvalue weighted by Crippen LogP contribution is 2.42. The fourth-order valence-corrected chi connectivity index (χ4v) is 2.54. The molecular weight excluding hydrogens is 240 g/mol. The Hall–Kier alpha value is -1.36. The zero-order valence-corrected chi connectivity index (χ0v) is 9.92. The second-order valence-electron chi connectivity index (χ2n) is 4.58. The first kappa shape index (κ1) is 11.7. The molecule has 1 fully saturated rings. The van der Waals surface area contributed by atoms with Crippen LogP contribution in [-0.4, -0.2) is 19.8 Å². The van der Waals surface area contributed by atoms with E-state index >= 15 is 0 Å². The molecule has 0 spiro atoms. The normalized spacial score (nSPS) is 22.5. The standard InChI is InChI=1S/C13H15F2NO2/c14-13(15)8-6-9(10-2-1-3-16-10)12-11(7-8)17-4-5-18-12/h6-7,10,13,16H,1-5H2. The van der Waals surface area contributed by atoms with Crippen LogP contribution in [0.15, 0.2) is 12.1 Å². The predicted molar refractivity (Wildman–Crippen MR) is 62.4 cm³/mol. The molecule has 0 saturated carbocycles. The van der Waals surface area contributed by atoms with Gasteiger partial charge in [-0.25, -0.2) is 8.78 Å². The fourth-order valence-electron chi connectivity index (χ4n) is 2.54. The number of ether oxygens (including phenoxy) is 2. The topological polar surface area (TPSA) is 30.5 Å². The summed E-state index contributed by atoms with van der Waals surface area (Å²) in [5, 5.41) is 3.31. The Balaban J connectivity index is 2.05. The Morgan fingerprint density at radius 3 is 2.78 bits per heavy atom. The Kier molecular flexibility index (Phi) is 3.07. The van der Waals surface area contributed by atoms with Crippen LogP contribution in [0.3, 0.4) is 0 Å². The molecule has 0 bridgehead atoms. The predicted octanol–water partition coefficient (Wildman–Crippen LogP) is 2.82. The summed E-state index contributed by atoms with van der Waals surface area (Å²) in [7, 11) is 0. The lowest BCUT2D eigenvalue weighted by Gasteiger charge is -2.24. The monoisotopic (exact) mass is 255 g/mol. The van der Waals surface area contributed by atoms with Crippen molar-refractivity contribution >= 4 is 0 Å². The van der Waals surface area contributed by atoms with Gasteiger partial charge in [0.05, 0.1) is 0 Å². The van der Waals surface area contributed by atoms with Crippen molar-refractivity contribution in [2.45, 2.75) is 25.3 Å². The summed E-state index contributed by atoms with van der Waals surface area (Å²) in [5.41, 5.74) is 0.808. The van der Waals surface area contributed by atoms with Gasteiger partial charge in [-0.1, -0.05) is 0 Å². The van der Waals surface area contributed by atoms with Crippen LogP contribution in [-0.2, 0) is 0 Å². The van der Waals surface area contributed by atoms with E-state index in [9.17, 15) is 8.78 Å². The second-order valence-corrected chi connectivity index (χ2v) is 4.58. The first-order chi connectivity index (χ1) is 8.75. The Bertz CT molecular complexity index is 445. The molecule has 0 aliphatic carbocycles. The summed E-state index contributed by atoms with van der Waals surface area (Å²) < 4.78 is 36.8. The van der Waals surface area contributed by atoms with Gasteiger partial charge >= 0.3 is 0 Å². The second kappa shape index (κ2) is 4.72. The van der Waals surface area contributed by atoms with E-state index in [1.807, 2.05) is 0 Å². The quantitative estimate of drug-likeness (QED) is 0.881. The van der Waals surface area contributed by atoms with Gasteiger partial charge in [0, 0.05) is 17.2 Å². The van der Waals surface area contributed by atoms with Crippen molar-refractivity contribution in [2.75, 3.05) is 19.8 Å². The Morgan fingerprint density at radius 1 is 1.22 bits per heavy atom. The number of hydrogen-bond acceptors (Lipinski definition) is 3. The third-order valence-electron chi connectivity index (χ3n) is 3.38. The van der Waals surface area contributed by atoms with Gasteiger partial charge in [-0.3, -0.25) is 0 Å². The number of rotatable bonds is 2. The molecule has 0 amide bonds. The van der Waals surface area contributed by atoms with Crippen LogP contribution >= 0.6 is 0 Å². The number of benzene rings is 1. The molecule has 2 heterocycles. The van der Waals surface area contributed by atoms with Crippen molar-refractivity contribution in [1.29, 1.82) is 0 Å². The molecule has 1 aromatic carbocycles. The van der Waals surface area contributed by atoms with Crippen LogP contribution in [0.5, 0.6) is 11.5 Å². The molecule has 1 atom stereocenters. The van der Waals surface area contributed by atoms with Gasteiger partial charge in [0.2, 0.25) is 0 Å². The SMILES string of the molecule is FC(F)c1cc2c(c(C3CCCN3)c1)OCCO2. The molecule has 18 heavy (non-hydrogen) atoms. The third kappa shape index (κ3) is 2.03. The number of alkyl halides is 2. The van der Waals surface area contributed by atoms with E-state index in [1.54, 1.807) is 6.07 Å². The minimum atomic E-state index is -2.49. The molecule has 1 N–H and O–H groups in total. The van der Waals surface area contributed by atoms with Crippen molar-refractivity contribution < 1.29 is 18.3 Å². The molecule has 1 aromatic rings. The maximum absolute atomic E-state index is 12.9. The number of fused-ring (bicyclic) bond motifs is 1. The molecule has 0 aromatic heterocycles. The fraction of sp³-hybridized carbons (Fsp3) is 0.538. The molecule has 0 radical (unpaired) electrons. The minimum absolute atomic E-state index is 0.00273. The number of halogens is 2. The van der Waals surface area contributed by atoms with E-state index in [4.69, 9.17) is 9.47 Å². The third-order valence-corrected chi connectivity index (χ3v) is 3.38. The highest BCUT2D eigenvalue weighted by Gasteiger charge is 2.27. The summed E-state index contributed by atoms with van der Waals surface area (Å²) in [6, 6.07) is 3.03. The summed E-state index contributed by atoms with van der Waals surface area (Å²) in [6.45, 7) is 1.80. The molecule has 1 unspecified atom stereocenters. The molecule has 5 heteroatoms. The van der Waals surface area contributed by atoms with Crippen LogP contribution < -0.4 is 14.8 Å². The largest absolute Gasteiger partial charge is 0.486 e. The van der Waals surface area contributed by atoms with Crippen LogP contribution in [0.4, 0.5) is 8.78 Å². The Labute approximate surface area is 104 Å². The average molecular weight is 255 g/mol. The van der Waals surface area contributed by atoms with Crippen LogP contribution in [0.2, 0.25) is 0 Å². The lowest BCUT2D eigenvalue weighted by Crippen LogP contribution is -2.20. The summed E-state index contributed by atoms with van der Waals surface area (Å²) >= 11 is 0. The van der Waals surface area contributed by atoms with Crippen molar-refractivity contribution in [1.82, 2.24) is 5.32 Å². The van der Waals surface area contributed by atoms with E-state index in [2.05, 4.69) is 5.32 Å². The lowest BCUT2D eigenvalue weighted by atomic mass is 10.0. The first-order valence-corrected chi connectivity index (χ1v) is 6.20. The van der Waals surface area contributed by atoms with Gasteiger partial charge in [0.15, 0.2) is 11.5 Å². The van der Waals surface area contributed by atoms with Crippen molar-refractivity contribution in [3.05, 3.63) is 23.3 Å². The average Bonchev–Trinajstić information content (AvgIpc) is 2.91. The van der Waals surface area contributed by atoms with E-state index < -0.39 is 6.43 Å². The zero-order chi connectivity index (χ0) is 12.5. The van der Waals surface area contributed by atoms with Crippen LogP contribution in [0.25, 0.3) is 0 Å². The maximum Gasteiger partial charge on any atom is 0.263 e. The van der Waals surface area contributed by atoms with E-state index in [0.717, 1.165) is 24.9 Å².